The third kappa shape index (κ3) is 5.84. The Morgan fingerprint density at radius 1 is 0.935 bits per heavy atom. The van der Waals surface area contributed by atoms with E-state index in [2.05, 4.69) is 10.2 Å². The Bertz CT molecular complexity index is 923. The van der Waals surface area contributed by atoms with Crippen LogP contribution in [0.15, 0.2) is 54.6 Å². The molecule has 31 heavy (non-hydrogen) atoms. The first-order valence-electron chi connectivity index (χ1n) is 10.5. The van der Waals surface area contributed by atoms with Gasteiger partial charge in [-0.2, -0.15) is 0 Å². The van der Waals surface area contributed by atoms with E-state index in [0.717, 1.165) is 24.3 Å². The third-order valence-corrected chi connectivity index (χ3v) is 5.33. The molecular formula is C24H29N3O4. The Hall–Kier alpha value is -3.35. The fourth-order valence-electron chi connectivity index (χ4n) is 3.53. The molecule has 1 heterocycles. The lowest BCUT2D eigenvalue weighted by Crippen LogP contribution is -2.52. The number of benzene rings is 2. The van der Waals surface area contributed by atoms with Crippen LogP contribution in [0.4, 0.5) is 5.69 Å². The van der Waals surface area contributed by atoms with Crippen molar-refractivity contribution >= 4 is 23.5 Å². The van der Waals surface area contributed by atoms with Gasteiger partial charge < -0.3 is 19.9 Å². The van der Waals surface area contributed by atoms with Gasteiger partial charge >= 0.3 is 5.97 Å². The normalized spacial score (nSPS) is 15.7. The summed E-state index contributed by atoms with van der Waals surface area (Å²) >= 11 is 0. The number of para-hydroxylation sites is 1. The summed E-state index contributed by atoms with van der Waals surface area (Å²) in [6, 6.07) is 16.3. The largest absolute Gasteiger partial charge is 0.451 e. The van der Waals surface area contributed by atoms with Gasteiger partial charge in [-0.3, -0.25) is 9.59 Å². The van der Waals surface area contributed by atoms with Crippen molar-refractivity contribution in [1.82, 2.24) is 10.2 Å². The number of rotatable bonds is 6. The van der Waals surface area contributed by atoms with E-state index in [1.54, 1.807) is 36.9 Å². The zero-order chi connectivity index (χ0) is 22.4. The van der Waals surface area contributed by atoms with Gasteiger partial charge in [0, 0.05) is 37.4 Å². The van der Waals surface area contributed by atoms with Crippen molar-refractivity contribution in [1.29, 1.82) is 0 Å². The van der Waals surface area contributed by atoms with Crippen molar-refractivity contribution in [3.05, 3.63) is 65.7 Å². The van der Waals surface area contributed by atoms with E-state index in [-0.39, 0.29) is 11.8 Å². The highest BCUT2D eigenvalue weighted by atomic mass is 16.5. The lowest BCUT2D eigenvalue weighted by molar-refractivity contribution is -0.160. The minimum absolute atomic E-state index is 0.224. The van der Waals surface area contributed by atoms with Crippen molar-refractivity contribution in [2.24, 2.45) is 0 Å². The molecule has 3 rings (SSSR count). The molecule has 0 spiro atoms. The predicted molar refractivity (Wildman–Crippen MR) is 119 cm³/mol. The Labute approximate surface area is 183 Å². The van der Waals surface area contributed by atoms with Crippen LogP contribution in [0, 0.1) is 6.92 Å². The van der Waals surface area contributed by atoms with E-state index in [0.29, 0.717) is 18.7 Å². The van der Waals surface area contributed by atoms with E-state index in [1.165, 1.54) is 0 Å². The minimum Gasteiger partial charge on any atom is -0.451 e. The molecule has 2 aromatic carbocycles. The number of piperazine rings is 1. The molecule has 0 aromatic heterocycles. The molecule has 1 aliphatic rings. The fraction of sp³-hybridized carbons (Fsp3) is 0.375. The number of carbonyl (C=O) groups excluding carboxylic acids is 3. The predicted octanol–water partition coefficient (Wildman–Crippen LogP) is 2.39. The molecule has 0 radical (unpaired) electrons. The highest BCUT2D eigenvalue weighted by Gasteiger charge is 2.29. The van der Waals surface area contributed by atoms with Gasteiger partial charge in [-0.1, -0.05) is 35.9 Å². The first-order valence-corrected chi connectivity index (χ1v) is 10.5. The van der Waals surface area contributed by atoms with Crippen LogP contribution in [0.25, 0.3) is 0 Å². The molecule has 1 saturated heterocycles. The van der Waals surface area contributed by atoms with Crippen LogP contribution in [-0.2, 0) is 14.3 Å². The van der Waals surface area contributed by atoms with Crippen LogP contribution in [0.1, 0.15) is 29.8 Å². The SMILES string of the molecule is Cc1cccc(C(=O)N[C@H](C)C(=O)O[C@@H](C)C(=O)N2CCN(c3ccccc3)CC2)c1. The number of hydrogen-bond donors (Lipinski definition) is 1. The van der Waals surface area contributed by atoms with Crippen LogP contribution in [0.5, 0.6) is 0 Å². The van der Waals surface area contributed by atoms with Crippen molar-refractivity contribution in [2.75, 3.05) is 31.1 Å². The monoisotopic (exact) mass is 423 g/mol. The maximum atomic E-state index is 12.7. The summed E-state index contributed by atoms with van der Waals surface area (Å²) in [7, 11) is 0. The Morgan fingerprint density at radius 3 is 2.26 bits per heavy atom. The van der Waals surface area contributed by atoms with E-state index < -0.39 is 18.1 Å². The Balaban J connectivity index is 1.47. The maximum absolute atomic E-state index is 12.7. The van der Waals surface area contributed by atoms with Crippen LogP contribution >= 0.6 is 0 Å². The molecule has 2 amide bonds. The smallest absolute Gasteiger partial charge is 0.329 e. The summed E-state index contributed by atoms with van der Waals surface area (Å²) in [5.74, 6) is -1.22. The zero-order valence-corrected chi connectivity index (χ0v) is 18.2. The lowest BCUT2D eigenvalue weighted by atomic mass is 10.1. The highest BCUT2D eigenvalue weighted by molar-refractivity contribution is 5.97. The van der Waals surface area contributed by atoms with Crippen molar-refractivity contribution in [3.63, 3.8) is 0 Å². The van der Waals surface area contributed by atoms with Crippen LogP contribution < -0.4 is 10.2 Å². The third-order valence-electron chi connectivity index (χ3n) is 5.33. The summed E-state index contributed by atoms with van der Waals surface area (Å²) in [5, 5.41) is 2.63. The van der Waals surface area contributed by atoms with Crippen molar-refractivity contribution in [2.45, 2.75) is 32.9 Å². The number of nitrogens with zero attached hydrogens (tertiary/aromatic N) is 2. The molecular weight excluding hydrogens is 394 g/mol. The Kier molecular flexibility index (Phi) is 7.28. The molecule has 1 N–H and O–H groups in total. The number of amides is 2. The van der Waals surface area contributed by atoms with Crippen molar-refractivity contribution in [3.8, 4) is 0 Å². The van der Waals surface area contributed by atoms with Crippen molar-refractivity contribution < 1.29 is 19.1 Å². The summed E-state index contributed by atoms with van der Waals surface area (Å²) in [4.78, 5) is 41.4. The molecule has 7 heteroatoms. The van der Waals surface area contributed by atoms with Gasteiger partial charge in [0.15, 0.2) is 6.10 Å². The first-order chi connectivity index (χ1) is 14.8. The molecule has 1 fully saturated rings. The van der Waals surface area contributed by atoms with E-state index in [4.69, 9.17) is 4.74 Å². The number of hydrogen-bond acceptors (Lipinski definition) is 5. The molecule has 0 bridgehead atoms. The van der Waals surface area contributed by atoms with Gasteiger partial charge in [0.1, 0.15) is 6.04 Å². The summed E-state index contributed by atoms with van der Waals surface area (Å²) < 4.78 is 5.34. The van der Waals surface area contributed by atoms with Gasteiger partial charge in [0.05, 0.1) is 0 Å². The van der Waals surface area contributed by atoms with Crippen LogP contribution in [0.3, 0.4) is 0 Å². The molecule has 0 aliphatic carbocycles. The number of ether oxygens (including phenoxy) is 1. The lowest BCUT2D eigenvalue weighted by Gasteiger charge is -2.37. The molecule has 0 saturated carbocycles. The average Bonchev–Trinajstić information content (AvgIpc) is 2.79. The summed E-state index contributed by atoms with van der Waals surface area (Å²) in [6.07, 6.45) is -0.908. The van der Waals surface area contributed by atoms with E-state index in [9.17, 15) is 14.4 Å². The molecule has 1 aliphatic heterocycles. The topological polar surface area (TPSA) is 78.9 Å². The van der Waals surface area contributed by atoms with E-state index >= 15 is 0 Å². The van der Waals surface area contributed by atoms with Gasteiger partial charge in [-0.05, 0) is 45.0 Å². The number of anilines is 1. The highest BCUT2D eigenvalue weighted by Crippen LogP contribution is 2.16. The number of esters is 1. The van der Waals surface area contributed by atoms with Gasteiger partial charge in [0.25, 0.3) is 11.8 Å². The molecule has 7 nitrogen and oxygen atoms in total. The molecule has 2 aromatic rings. The Morgan fingerprint density at radius 2 is 1.61 bits per heavy atom. The fourth-order valence-corrected chi connectivity index (χ4v) is 3.53. The van der Waals surface area contributed by atoms with Gasteiger partial charge in [-0.15, -0.1) is 0 Å². The second kappa shape index (κ2) is 10.1. The number of carbonyl (C=O) groups is 3. The second-order valence-electron chi connectivity index (χ2n) is 7.79. The van der Waals surface area contributed by atoms with Gasteiger partial charge in [0.2, 0.25) is 0 Å². The quantitative estimate of drug-likeness (QED) is 0.722. The van der Waals surface area contributed by atoms with E-state index in [1.807, 2.05) is 43.3 Å². The van der Waals surface area contributed by atoms with Gasteiger partial charge in [-0.25, -0.2) is 4.79 Å². The molecule has 2 atom stereocenters. The summed E-state index contributed by atoms with van der Waals surface area (Å²) in [5.41, 5.74) is 2.56. The summed E-state index contributed by atoms with van der Waals surface area (Å²) in [6.45, 7) is 7.58. The zero-order valence-electron chi connectivity index (χ0n) is 18.2. The second-order valence-corrected chi connectivity index (χ2v) is 7.79. The molecule has 164 valence electrons. The molecule has 0 unspecified atom stereocenters. The number of nitrogens with one attached hydrogen (secondary N) is 1. The maximum Gasteiger partial charge on any atom is 0.329 e. The van der Waals surface area contributed by atoms with Crippen LogP contribution in [-0.4, -0.2) is 61.0 Å². The van der Waals surface area contributed by atoms with Crippen LogP contribution in [0.2, 0.25) is 0 Å². The number of aryl methyl sites for hydroxylation is 1. The minimum atomic E-state index is -0.908. The first kappa shape index (κ1) is 22.3. The standard InChI is InChI=1S/C24H29N3O4/c1-17-8-7-9-20(16-17)22(28)25-18(2)24(30)31-19(3)23(29)27-14-12-26(13-15-27)21-10-5-4-6-11-21/h4-11,16,18-19H,12-15H2,1-3H3,(H,25,28)/t18-,19+/m1/s1. The average molecular weight is 424 g/mol.